The third-order valence-corrected chi connectivity index (χ3v) is 4.86. The van der Waals surface area contributed by atoms with Crippen LogP contribution in [0, 0.1) is 23.2 Å². The first-order valence-corrected chi connectivity index (χ1v) is 7.76. The normalized spacial score (nSPS) is 25.6. The summed E-state index contributed by atoms with van der Waals surface area (Å²) < 4.78 is 5.19. The number of likely N-dealkylation sites (tertiary alicyclic amines) is 1. The third kappa shape index (κ3) is 3.20. The van der Waals surface area contributed by atoms with Crippen LogP contribution in [0.5, 0.6) is 0 Å². The molecule has 2 saturated heterocycles. The highest BCUT2D eigenvalue weighted by Crippen LogP contribution is 2.33. The van der Waals surface area contributed by atoms with Crippen molar-refractivity contribution in [2.75, 3.05) is 51.3 Å². The van der Waals surface area contributed by atoms with Gasteiger partial charge in [-0.3, -0.25) is 0 Å². The van der Waals surface area contributed by atoms with Gasteiger partial charge in [0.05, 0.1) is 18.2 Å². The van der Waals surface area contributed by atoms with Crippen LogP contribution < -0.4 is 4.90 Å². The Hall–Kier alpha value is -1.57. The number of ether oxygens (including phenoxy) is 1. The van der Waals surface area contributed by atoms with Gasteiger partial charge in [0.15, 0.2) is 0 Å². The van der Waals surface area contributed by atoms with Gasteiger partial charge in [0.1, 0.15) is 0 Å². The van der Waals surface area contributed by atoms with E-state index in [0.29, 0.717) is 0 Å². The molecule has 0 radical (unpaired) electrons. The van der Waals surface area contributed by atoms with Crippen LogP contribution in [-0.4, -0.2) is 51.3 Å². The van der Waals surface area contributed by atoms with Crippen molar-refractivity contribution in [2.45, 2.75) is 6.42 Å². The predicted octanol–water partition coefficient (Wildman–Crippen LogP) is 1.96. The van der Waals surface area contributed by atoms with Gasteiger partial charge in [-0.25, -0.2) is 0 Å². The van der Waals surface area contributed by atoms with Crippen LogP contribution in [-0.2, 0) is 4.74 Å². The summed E-state index contributed by atoms with van der Waals surface area (Å²) >= 11 is 0. The van der Waals surface area contributed by atoms with Crippen molar-refractivity contribution < 1.29 is 4.74 Å². The van der Waals surface area contributed by atoms with E-state index in [2.05, 4.69) is 28.0 Å². The van der Waals surface area contributed by atoms with Gasteiger partial charge >= 0.3 is 0 Å². The molecule has 2 atom stereocenters. The fraction of sp³-hybridized carbons (Fsp3) is 0.588. The van der Waals surface area contributed by atoms with Crippen molar-refractivity contribution in [2.24, 2.45) is 11.8 Å². The van der Waals surface area contributed by atoms with Crippen molar-refractivity contribution in [1.29, 1.82) is 5.26 Å². The number of piperidine rings is 1. The molecule has 0 N–H and O–H groups in total. The molecule has 1 aromatic carbocycles. The van der Waals surface area contributed by atoms with Gasteiger partial charge < -0.3 is 14.5 Å². The summed E-state index contributed by atoms with van der Waals surface area (Å²) in [7, 11) is 1.77. The zero-order chi connectivity index (χ0) is 14.7. The number of nitrogens with zero attached hydrogens (tertiary/aromatic N) is 3. The molecule has 21 heavy (non-hydrogen) atoms. The van der Waals surface area contributed by atoms with Crippen molar-refractivity contribution in [3.63, 3.8) is 0 Å². The molecule has 0 aromatic heterocycles. The SMILES string of the molecule is COCCN1CC[C@H]2CN(c3ccc(C#N)cc3)C[C@H]2C1. The van der Waals surface area contributed by atoms with E-state index < -0.39 is 0 Å². The molecular weight excluding hydrogens is 262 g/mol. The van der Waals surface area contributed by atoms with E-state index in [9.17, 15) is 0 Å². The smallest absolute Gasteiger partial charge is 0.0991 e. The number of hydrogen-bond acceptors (Lipinski definition) is 4. The first-order valence-electron chi connectivity index (χ1n) is 7.76. The number of fused-ring (bicyclic) bond motifs is 1. The van der Waals surface area contributed by atoms with Crippen molar-refractivity contribution in [3.05, 3.63) is 29.8 Å². The molecule has 2 fully saturated rings. The molecule has 0 saturated carbocycles. The molecule has 4 nitrogen and oxygen atoms in total. The molecule has 1 aromatic rings. The molecule has 2 aliphatic heterocycles. The number of rotatable bonds is 4. The number of methoxy groups -OCH3 is 1. The number of hydrogen-bond donors (Lipinski definition) is 0. The number of anilines is 1. The second-order valence-corrected chi connectivity index (χ2v) is 6.17. The van der Waals surface area contributed by atoms with E-state index in [1.165, 1.54) is 25.2 Å². The Kier molecular flexibility index (Phi) is 4.42. The van der Waals surface area contributed by atoms with Crippen LogP contribution in [0.1, 0.15) is 12.0 Å². The van der Waals surface area contributed by atoms with Crippen LogP contribution in [0.3, 0.4) is 0 Å². The monoisotopic (exact) mass is 285 g/mol. The lowest BCUT2D eigenvalue weighted by molar-refractivity contribution is 0.102. The largest absolute Gasteiger partial charge is 0.383 e. The number of nitriles is 1. The van der Waals surface area contributed by atoms with Gasteiger partial charge in [0.2, 0.25) is 0 Å². The lowest BCUT2D eigenvalue weighted by Gasteiger charge is -2.33. The van der Waals surface area contributed by atoms with E-state index in [-0.39, 0.29) is 0 Å². The van der Waals surface area contributed by atoms with Crippen molar-refractivity contribution in [3.8, 4) is 6.07 Å². The minimum Gasteiger partial charge on any atom is -0.383 e. The van der Waals surface area contributed by atoms with E-state index in [4.69, 9.17) is 10.00 Å². The quantitative estimate of drug-likeness (QED) is 0.848. The van der Waals surface area contributed by atoms with Crippen molar-refractivity contribution >= 4 is 5.69 Å². The Labute approximate surface area is 126 Å². The minimum atomic E-state index is 0.737. The Morgan fingerprint density at radius 1 is 1.19 bits per heavy atom. The summed E-state index contributed by atoms with van der Waals surface area (Å²) in [6.07, 6.45) is 1.29. The topological polar surface area (TPSA) is 39.5 Å². The van der Waals surface area contributed by atoms with Gasteiger partial charge in [0.25, 0.3) is 0 Å². The van der Waals surface area contributed by atoms with Gasteiger partial charge in [0, 0.05) is 39.0 Å². The molecule has 0 spiro atoms. The summed E-state index contributed by atoms with van der Waals surface area (Å²) in [5, 5.41) is 8.88. The average molecular weight is 285 g/mol. The molecule has 112 valence electrons. The van der Waals surface area contributed by atoms with Gasteiger partial charge in [-0.1, -0.05) is 0 Å². The van der Waals surface area contributed by atoms with Gasteiger partial charge in [-0.05, 0) is 49.1 Å². The summed E-state index contributed by atoms with van der Waals surface area (Å²) in [5.41, 5.74) is 1.99. The molecule has 0 amide bonds. The molecule has 0 bridgehead atoms. The van der Waals surface area contributed by atoms with E-state index in [1.807, 2.05) is 12.1 Å². The Morgan fingerprint density at radius 2 is 1.95 bits per heavy atom. The molecule has 0 unspecified atom stereocenters. The Bertz CT molecular complexity index is 508. The maximum absolute atomic E-state index is 8.88. The zero-order valence-electron chi connectivity index (χ0n) is 12.7. The first-order chi connectivity index (χ1) is 10.3. The maximum atomic E-state index is 8.88. The first kappa shape index (κ1) is 14.4. The van der Waals surface area contributed by atoms with Crippen molar-refractivity contribution in [1.82, 2.24) is 4.90 Å². The maximum Gasteiger partial charge on any atom is 0.0991 e. The summed E-state index contributed by atoms with van der Waals surface area (Å²) in [5.74, 6) is 1.59. The fourth-order valence-electron chi connectivity index (χ4n) is 3.63. The van der Waals surface area contributed by atoms with Crippen LogP contribution in [0.25, 0.3) is 0 Å². The van der Waals surface area contributed by atoms with Crippen LogP contribution in [0.4, 0.5) is 5.69 Å². The van der Waals surface area contributed by atoms with Crippen LogP contribution in [0.2, 0.25) is 0 Å². The summed E-state index contributed by atoms with van der Waals surface area (Å²) in [6.45, 7) is 6.58. The minimum absolute atomic E-state index is 0.737. The van der Waals surface area contributed by atoms with Gasteiger partial charge in [-0.2, -0.15) is 5.26 Å². The molecule has 3 rings (SSSR count). The fourth-order valence-corrected chi connectivity index (χ4v) is 3.63. The lowest BCUT2D eigenvalue weighted by Crippen LogP contribution is -2.41. The second-order valence-electron chi connectivity index (χ2n) is 6.17. The van der Waals surface area contributed by atoms with E-state index in [1.54, 1.807) is 7.11 Å². The highest BCUT2D eigenvalue weighted by molar-refractivity contribution is 5.50. The summed E-state index contributed by atoms with van der Waals surface area (Å²) in [6, 6.07) is 10.2. The highest BCUT2D eigenvalue weighted by Gasteiger charge is 2.36. The summed E-state index contributed by atoms with van der Waals surface area (Å²) in [4.78, 5) is 5.02. The molecule has 2 heterocycles. The lowest BCUT2D eigenvalue weighted by atomic mass is 9.89. The molecule has 0 aliphatic carbocycles. The van der Waals surface area contributed by atoms with E-state index in [0.717, 1.165) is 43.6 Å². The Morgan fingerprint density at radius 3 is 2.67 bits per heavy atom. The highest BCUT2D eigenvalue weighted by atomic mass is 16.5. The zero-order valence-corrected chi connectivity index (χ0v) is 12.7. The Balaban J connectivity index is 1.60. The second kappa shape index (κ2) is 6.46. The van der Waals surface area contributed by atoms with Crippen LogP contribution in [0.15, 0.2) is 24.3 Å². The molecular formula is C17H23N3O. The average Bonchev–Trinajstić information content (AvgIpc) is 2.96. The predicted molar refractivity (Wildman–Crippen MR) is 83.3 cm³/mol. The third-order valence-electron chi connectivity index (χ3n) is 4.86. The van der Waals surface area contributed by atoms with Gasteiger partial charge in [-0.15, -0.1) is 0 Å². The van der Waals surface area contributed by atoms with E-state index >= 15 is 0 Å². The standard InChI is InChI=1S/C17H23N3O/c1-21-9-8-19-7-6-15-12-20(13-16(15)11-19)17-4-2-14(10-18)3-5-17/h2-5,15-16H,6-9,11-13H2,1H3/t15-,16+/m0/s1. The van der Waals surface area contributed by atoms with Crippen LogP contribution >= 0.6 is 0 Å². The number of benzene rings is 1. The molecule has 2 aliphatic rings. The molecule has 4 heteroatoms.